The van der Waals surface area contributed by atoms with Crippen LogP contribution < -0.4 is 9.62 Å². The smallest absolute Gasteiger partial charge is 0.370 e. The van der Waals surface area contributed by atoms with Crippen LogP contribution >= 0.6 is 11.6 Å². The molecule has 216 valence electrons. The Kier molecular flexibility index (Phi) is 8.57. The Balaban J connectivity index is 1.58. The van der Waals surface area contributed by atoms with Crippen LogP contribution in [-0.4, -0.2) is 56.0 Å². The Morgan fingerprint density at radius 2 is 1.85 bits per heavy atom. The minimum atomic E-state index is -4.63. The number of hydrogen-bond acceptors (Lipinski definition) is 6. The van der Waals surface area contributed by atoms with Gasteiger partial charge in [-0.15, -0.1) is 0 Å². The standard InChI is InChI=1S/C26H27ClF5N5O2S/c1-36(2)25(10-7-17-5-3-6-19(23(17)27)26(30,31)32)9-4-12-37(15-25)18-13-20(28)24(21(29)14-18)40(38,39)35-22-8-11-33-16-34-22/h3,5-6,8,11,13-14,16H,4,7,9-10,12,15H2,1-2H3,(H,33,34,35)/t25-/m1/s1. The summed E-state index contributed by atoms with van der Waals surface area (Å²) < 4.78 is 97.7. The number of nitrogens with one attached hydrogen (secondary N) is 1. The highest BCUT2D eigenvalue weighted by Crippen LogP contribution is 2.39. The van der Waals surface area contributed by atoms with Crippen molar-refractivity contribution in [2.45, 2.75) is 42.3 Å². The van der Waals surface area contributed by atoms with Gasteiger partial charge in [-0.2, -0.15) is 13.2 Å². The van der Waals surface area contributed by atoms with E-state index in [2.05, 4.69) is 9.97 Å². The van der Waals surface area contributed by atoms with Crippen LogP contribution in [0.4, 0.5) is 33.5 Å². The van der Waals surface area contributed by atoms with Crippen LogP contribution in [-0.2, 0) is 22.6 Å². The van der Waals surface area contributed by atoms with Gasteiger partial charge in [-0.05, 0) is 69.6 Å². The summed E-state index contributed by atoms with van der Waals surface area (Å²) in [5.41, 5.74) is -0.940. The van der Waals surface area contributed by atoms with Gasteiger partial charge < -0.3 is 9.80 Å². The molecule has 2 aromatic carbocycles. The lowest BCUT2D eigenvalue weighted by Crippen LogP contribution is -2.56. The highest BCUT2D eigenvalue weighted by atomic mass is 35.5. The van der Waals surface area contributed by atoms with Crippen LogP contribution in [0.1, 0.15) is 30.4 Å². The van der Waals surface area contributed by atoms with E-state index in [1.165, 1.54) is 18.3 Å². The van der Waals surface area contributed by atoms with Crippen LogP contribution in [0.25, 0.3) is 0 Å². The molecule has 40 heavy (non-hydrogen) atoms. The van der Waals surface area contributed by atoms with Crippen molar-refractivity contribution in [3.8, 4) is 0 Å². The number of aryl methyl sites for hydroxylation is 1. The quantitative estimate of drug-likeness (QED) is 0.330. The van der Waals surface area contributed by atoms with Crippen molar-refractivity contribution >= 4 is 33.1 Å². The van der Waals surface area contributed by atoms with E-state index in [4.69, 9.17) is 11.6 Å². The van der Waals surface area contributed by atoms with Gasteiger partial charge in [0.1, 0.15) is 23.8 Å². The third-order valence-electron chi connectivity index (χ3n) is 7.19. The fourth-order valence-electron chi connectivity index (χ4n) is 5.01. The highest BCUT2D eigenvalue weighted by Gasteiger charge is 2.39. The van der Waals surface area contributed by atoms with Gasteiger partial charge in [-0.25, -0.2) is 27.2 Å². The van der Waals surface area contributed by atoms with Crippen LogP contribution in [0.15, 0.2) is 53.8 Å². The molecule has 0 amide bonds. The molecular formula is C26H27ClF5N5O2S. The first-order valence-corrected chi connectivity index (χ1v) is 14.1. The molecular weight excluding hydrogens is 577 g/mol. The molecule has 0 unspecified atom stereocenters. The van der Waals surface area contributed by atoms with E-state index in [9.17, 15) is 21.6 Å². The monoisotopic (exact) mass is 603 g/mol. The molecule has 0 bridgehead atoms. The zero-order chi connectivity index (χ0) is 29.3. The second-order valence-corrected chi connectivity index (χ2v) is 11.9. The number of nitrogens with zero attached hydrogens (tertiary/aromatic N) is 4. The van der Waals surface area contributed by atoms with Crippen molar-refractivity contribution in [3.63, 3.8) is 0 Å². The number of likely N-dealkylation sites (N-methyl/N-ethyl adjacent to an activating group) is 1. The summed E-state index contributed by atoms with van der Waals surface area (Å²) in [4.78, 5) is 9.94. The largest absolute Gasteiger partial charge is 0.417 e. The molecule has 0 aliphatic carbocycles. The first kappa shape index (κ1) is 29.9. The summed E-state index contributed by atoms with van der Waals surface area (Å²) in [6.07, 6.45) is -0.218. The molecule has 1 aromatic heterocycles. The minimum absolute atomic E-state index is 0.148. The summed E-state index contributed by atoms with van der Waals surface area (Å²) in [6.45, 7) is 0.755. The second-order valence-electron chi connectivity index (χ2n) is 9.86. The number of benzene rings is 2. The maximum absolute atomic E-state index is 15.1. The molecule has 0 saturated carbocycles. The van der Waals surface area contributed by atoms with Crippen molar-refractivity contribution in [1.82, 2.24) is 14.9 Å². The van der Waals surface area contributed by atoms with Gasteiger partial charge in [0, 0.05) is 30.5 Å². The lowest BCUT2D eigenvalue weighted by Gasteiger charge is -2.48. The topological polar surface area (TPSA) is 78.4 Å². The lowest BCUT2D eigenvalue weighted by molar-refractivity contribution is -0.137. The van der Waals surface area contributed by atoms with E-state index in [0.717, 1.165) is 24.5 Å². The van der Waals surface area contributed by atoms with E-state index in [1.54, 1.807) is 11.0 Å². The number of sulfonamides is 1. The lowest BCUT2D eigenvalue weighted by atomic mass is 9.82. The Hall–Kier alpha value is -3.03. The van der Waals surface area contributed by atoms with Crippen molar-refractivity contribution < 1.29 is 30.4 Å². The Labute approximate surface area is 234 Å². The average Bonchev–Trinajstić information content (AvgIpc) is 2.87. The van der Waals surface area contributed by atoms with E-state index < -0.39 is 43.8 Å². The van der Waals surface area contributed by atoms with E-state index in [-0.39, 0.29) is 22.9 Å². The molecule has 7 nitrogen and oxygen atoms in total. The van der Waals surface area contributed by atoms with Gasteiger partial charge in [0.05, 0.1) is 10.6 Å². The molecule has 1 aliphatic rings. The summed E-state index contributed by atoms with van der Waals surface area (Å²) in [5, 5.41) is -0.340. The van der Waals surface area contributed by atoms with Crippen molar-refractivity contribution in [2.24, 2.45) is 0 Å². The number of hydrogen-bond donors (Lipinski definition) is 1. The molecule has 1 N–H and O–H groups in total. The molecule has 2 heterocycles. The third kappa shape index (κ3) is 6.31. The summed E-state index contributed by atoms with van der Waals surface area (Å²) in [5.74, 6) is -2.69. The van der Waals surface area contributed by atoms with Crippen molar-refractivity contribution in [2.75, 3.05) is 36.8 Å². The minimum Gasteiger partial charge on any atom is -0.370 e. The van der Waals surface area contributed by atoms with Crippen molar-refractivity contribution in [3.05, 3.63) is 76.7 Å². The number of piperidine rings is 1. The van der Waals surface area contributed by atoms with Crippen LogP contribution in [0.3, 0.4) is 0 Å². The Bertz CT molecular complexity index is 1450. The van der Waals surface area contributed by atoms with Crippen molar-refractivity contribution in [1.29, 1.82) is 0 Å². The van der Waals surface area contributed by atoms with Crippen LogP contribution in [0.2, 0.25) is 5.02 Å². The number of anilines is 2. The molecule has 1 fully saturated rings. The molecule has 3 aromatic rings. The highest BCUT2D eigenvalue weighted by molar-refractivity contribution is 7.92. The van der Waals surface area contributed by atoms with Gasteiger partial charge >= 0.3 is 6.18 Å². The number of halogens is 6. The first-order chi connectivity index (χ1) is 18.7. The maximum atomic E-state index is 15.1. The van der Waals surface area contributed by atoms with Gasteiger partial charge in [-0.3, -0.25) is 4.72 Å². The summed E-state index contributed by atoms with van der Waals surface area (Å²) >= 11 is 6.11. The maximum Gasteiger partial charge on any atom is 0.417 e. The molecule has 1 aliphatic heterocycles. The fourth-order valence-corrected chi connectivity index (χ4v) is 6.47. The molecule has 1 atom stereocenters. The van der Waals surface area contributed by atoms with Crippen LogP contribution in [0.5, 0.6) is 0 Å². The zero-order valence-corrected chi connectivity index (χ0v) is 23.2. The van der Waals surface area contributed by atoms with Gasteiger partial charge in [-0.1, -0.05) is 23.7 Å². The molecule has 0 spiro atoms. The van der Waals surface area contributed by atoms with Gasteiger partial charge in [0.25, 0.3) is 10.0 Å². The Morgan fingerprint density at radius 1 is 1.15 bits per heavy atom. The van der Waals surface area contributed by atoms with Gasteiger partial charge in [0.2, 0.25) is 0 Å². The number of alkyl halides is 3. The predicted octanol–water partition coefficient (Wildman–Crippen LogP) is 5.76. The predicted molar refractivity (Wildman–Crippen MR) is 142 cm³/mol. The van der Waals surface area contributed by atoms with E-state index >= 15 is 8.78 Å². The number of rotatable bonds is 8. The molecule has 14 heteroatoms. The zero-order valence-electron chi connectivity index (χ0n) is 21.6. The normalized spacial score (nSPS) is 18.3. The van der Waals surface area contributed by atoms with Crippen LogP contribution in [0, 0.1) is 11.6 Å². The molecule has 1 saturated heterocycles. The Morgan fingerprint density at radius 3 is 2.45 bits per heavy atom. The second kappa shape index (κ2) is 11.5. The molecule has 4 rings (SSSR count). The number of aromatic nitrogens is 2. The van der Waals surface area contributed by atoms with E-state index in [0.29, 0.717) is 37.9 Å². The third-order valence-corrected chi connectivity index (χ3v) is 9.04. The summed E-state index contributed by atoms with van der Waals surface area (Å²) in [6, 6.07) is 6.98. The molecule has 0 radical (unpaired) electrons. The summed E-state index contributed by atoms with van der Waals surface area (Å²) in [7, 11) is -0.945. The fraction of sp³-hybridized carbons (Fsp3) is 0.385. The van der Waals surface area contributed by atoms with Gasteiger partial charge in [0.15, 0.2) is 4.90 Å². The SMILES string of the molecule is CN(C)[C@@]1(CCc2cccc(C(F)(F)F)c2Cl)CCCN(c2cc(F)c(S(=O)(=O)Nc3ccncn3)c(F)c2)C1. The first-order valence-electron chi connectivity index (χ1n) is 12.3. The van der Waals surface area contributed by atoms with E-state index in [1.807, 2.05) is 23.7 Å². The average molecular weight is 604 g/mol.